The number of carbonyl (C=O) groups excluding carboxylic acids is 5. The van der Waals surface area contributed by atoms with E-state index in [2.05, 4.69) is 27.8 Å². The van der Waals surface area contributed by atoms with Crippen LogP contribution in [0.4, 0.5) is 0 Å². The largest absolute Gasteiger partial charge is 0.491 e. The van der Waals surface area contributed by atoms with E-state index >= 15 is 0 Å². The number of nitrogens with one attached hydrogen (secondary N) is 3. The minimum atomic E-state index is -1.19. The van der Waals surface area contributed by atoms with Gasteiger partial charge in [-0.3, -0.25) is 28.9 Å². The molecule has 0 saturated carbocycles. The lowest BCUT2D eigenvalue weighted by atomic mass is 10.1. The van der Waals surface area contributed by atoms with Crippen molar-refractivity contribution in [2.24, 2.45) is 5.73 Å². The SMILES string of the molecule is CCN1CCC[C@H]1CNC(=O)[C@@H]1CC(=O)N[C@@H](CCC(N)=O)C(=O)N2CCC[C@@H]2COc2ccccc2C(=O)N1. The van der Waals surface area contributed by atoms with Crippen molar-refractivity contribution in [3.63, 3.8) is 0 Å². The van der Waals surface area contributed by atoms with E-state index in [9.17, 15) is 24.0 Å². The summed E-state index contributed by atoms with van der Waals surface area (Å²) in [6, 6.07) is 4.45. The van der Waals surface area contributed by atoms with Crippen molar-refractivity contribution < 1.29 is 28.7 Å². The fourth-order valence-corrected chi connectivity index (χ4v) is 5.78. The van der Waals surface area contributed by atoms with Gasteiger partial charge in [0.2, 0.25) is 23.6 Å². The Bertz CT molecular complexity index is 1110. The van der Waals surface area contributed by atoms with Crippen LogP contribution < -0.4 is 26.4 Å². The maximum absolute atomic E-state index is 13.5. The number of fused-ring (bicyclic) bond motifs is 2. The van der Waals surface area contributed by atoms with Crippen molar-refractivity contribution in [1.82, 2.24) is 25.8 Å². The number of nitrogens with zero attached hydrogens (tertiary/aromatic N) is 2. The van der Waals surface area contributed by atoms with Crippen LogP contribution in [-0.4, -0.2) is 96.3 Å². The second-order valence-corrected chi connectivity index (χ2v) is 10.7. The van der Waals surface area contributed by atoms with Gasteiger partial charge in [0.1, 0.15) is 24.4 Å². The minimum Gasteiger partial charge on any atom is -0.491 e. The van der Waals surface area contributed by atoms with Crippen LogP contribution in [0.5, 0.6) is 5.75 Å². The van der Waals surface area contributed by atoms with Gasteiger partial charge in [-0.25, -0.2) is 0 Å². The van der Waals surface area contributed by atoms with Gasteiger partial charge in [-0.15, -0.1) is 0 Å². The Morgan fingerprint density at radius 1 is 1.10 bits per heavy atom. The summed E-state index contributed by atoms with van der Waals surface area (Å²) in [5.74, 6) is -2.20. The minimum absolute atomic E-state index is 0.0323. The van der Waals surface area contributed by atoms with E-state index in [4.69, 9.17) is 10.5 Å². The molecular weight excluding hydrogens is 516 g/mol. The normalized spacial score (nSPS) is 26.1. The first-order chi connectivity index (χ1) is 19.3. The van der Waals surface area contributed by atoms with Crippen LogP contribution in [0.25, 0.3) is 0 Å². The van der Waals surface area contributed by atoms with Gasteiger partial charge in [0.25, 0.3) is 5.91 Å². The molecule has 12 heteroatoms. The number of hydrogen-bond acceptors (Lipinski definition) is 7. The molecule has 3 aliphatic heterocycles. The average Bonchev–Trinajstić information content (AvgIpc) is 3.60. The zero-order valence-electron chi connectivity index (χ0n) is 23.0. The van der Waals surface area contributed by atoms with Crippen LogP contribution in [0.2, 0.25) is 0 Å². The number of hydrogen-bond donors (Lipinski definition) is 4. The highest BCUT2D eigenvalue weighted by Gasteiger charge is 2.36. The Labute approximate surface area is 234 Å². The lowest BCUT2D eigenvalue weighted by molar-refractivity contribution is -0.138. The first-order valence-corrected chi connectivity index (χ1v) is 14.2. The summed E-state index contributed by atoms with van der Waals surface area (Å²) in [5, 5.41) is 8.31. The lowest BCUT2D eigenvalue weighted by Crippen LogP contribution is -2.54. The Kier molecular flexibility index (Phi) is 9.97. The van der Waals surface area contributed by atoms with E-state index in [0.29, 0.717) is 25.3 Å². The van der Waals surface area contributed by atoms with E-state index in [1.54, 1.807) is 29.2 Å². The summed E-state index contributed by atoms with van der Waals surface area (Å²) >= 11 is 0. The standard InChI is InChI=1S/C28H40N6O6/c1-2-33-13-5-7-18(33)16-30-27(38)22-15-25(36)31-21(11-12-24(29)35)28(39)34-14-6-8-19(34)17-40-23-10-4-3-9-20(23)26(37)32-22/h3-4,9-10,18-19,21-22H,2,5-8,11-17H2,1H3,(H2,29,35)(H,30,38)(H,31,36)(H,32,37)/t18-,19+,21-,22-/m0/s1. The molecule has 0 radical (unpaired) electrons. The zero-order valence-corrected chi connectivity index (χ0v) is 23.0. The van der Waals surface area contributed by atoms with Crippen LogP contribution >= 0.6 is 0 Å². The highest BCUT2D eigenvalue weighted by atomic mass is 16.5. The molecule has 40 heavy (non-hydrogen) atoms. The monoisotopic (exact) mass is 556 g/mol. The number of amides is 5. The summed E-state index contributed by atoms with van der Waals surface area (Å²) in [7, 11) is 0. The van der Waals surface area contributed by atoms with Crippen molar-refractivity contribution in [2.75, 3.05) is 32.8 Å². The van der Waals surface area contributed by atoms with Crippen LogP contribution in [0.3, 0.4) is 0 Å². The second kappa shape index (κ2) is 13.6. The van der Waals surface area contributed by atoms with Crippen LogP contribution in [0.1, 0.15) is 62.2 Å². The first-order valence-electron chi connectivity index (χ1n) is 14.2. The van der Waals surface area contributed by atoms with E-state index in [0.717, 1.165) is 32.4 Å². The number of rotatable bonds is 7. The molecule has 3 heterocycles. The van der Waals surface area contributed by atoms with E-state index in [1.165, 1.54) is 0 Å². The third-order valence-electron chi connectivity index (χ3n) is 7.96. The third-order valence-corrected chi connectivity index (χ3v) is 7.96. The number of para-hydroxylation sites is 1. The summed E-state index contributed by atoms with van der Waals surface area (Å²) in [6.45, 7) is 4.96. The molecular formula is C28H40N6O6. The van der Waals surface area contributed by atoms with Gasteiger partial charge in [0.05, 0.1) is 18.0 Å². The molecule has 4 atom stereocenters. The van der Waals surface area contributed by atoms with Gasteiger partial charge in [-0.1, -0.05) is 19.1 Å². The highest BCUT2D eigenvalue weighted by molar-refractivity contribution is 6.01. The molecule has 1 aromatic carbocycles. The smallest absolute Gasteiger partial charge is 0.255 e. The number of likely N-dealkylation sites (tertiary alicyclic amines) is 1. The Hall–Kier alpha value is -3.67. The van der Waals surface area contributed by atoms with Gasteiger partial charge in [-0.05, 0) is 57.3 Å². The van der Waals surface area contributed by atoms with E-state index in [1.807, 2.05) is 0 Å². The Morgan fingerprint density at radius 3 is 2.65 bits per heavy atom. The average molecular weight is 557 g/mol. The van der Waals surface area contributed by atoms with Crippen LogP contribution in [0.15, 0.2) is 24.3 Å². The topological polar surface area (TPSA) is 163 Å². The van der Waals surface area contributed by atoms with Gasteiger partial charge in [-0.2, -0.15) is 0 Å². The predicted molar refractivity (Wildman–Crippen MR) is 146 cm³/mol. The van der Waals surface area contributed by atoms with Crippen LogP contribution in [-0.2, 0) is 19.2 Å². The molecule has 2 saturated heterocycles. The summed E-state index contributed by atoms with van der Waals surface area (Å²) < 4.78 is 6.03. The Balaban J connectivity index is 1.58. The molecule has 0 spiro atoms. The molecule has 0 bridgehead atoms. The number of carbonyl (C=O) groups is 5. The van der Waals surface area contributed by atoms with Crippen LogP contribution in [0, 0.1) is 0 Å². The number of primary amides is 1. The van der Waals surface area contributed by atoms with Crippen molar-refractivity contribution in [3.05, 3.63) is 29.8 Å². The Morgan fingerprint density at radius 2 is 1.88 bits per heavy atom. The van der Waals surface area contributed by atoms with Crippen molar-refractivity contribution in [1.29, 1.82) is 0 Å². The first kappa shape index (κ1) is 29.3. The van der Waals surface area contributed by atoms with Gasteiger partial charge >= 0.3 is 0 Å². The number of nitrogens with two attached hydrogens (primary N) is 1. The molecule has 5 amide bonds. The summed E-state index contributed by atoms with van der Waals surface area (Å²) in [4.78, 5) is 68.8. The molecule has 2 fully saturated rings. The molecule has 0 aromatic heterocycles. The predicted octanol–water partition coefficient (Wildman–Crippen LogP) is -0.0907. The quantitative estimate of drug-likeness (QED) is 0.365. The molecule has 0 aliphatic carbocycles. The fraction of sp³-hybridized carbons (Fsp3) is 0.607. The molecule has 218 valence electrons. The van der Waals surface area contributed by atoms with Crippen molar-refractivity contribution in [2.45, 2.75) is 76.0 Å². The van der Waals surface area contributed by atoms with Gasteiger partial charge in [0, 0.05) is 25.6 Å². The van der Waals surface area contributed by atoms with Crippen molar-refractivity contribution >= 4 is 29.5 Å². The summed E-state index contributed by atoms with van der Waals surface area (Å²) in [6.07, 6.45) is 3.03. The maximum Gasteiger partial charge on any atom is 0.255 e. The van der Waals surface area contributed by atoms with E-state index < -0.39 is 35.7 Å². The van der Waals surface area contributed by atoms with E-state index in [-0.39, 0.29) is 49.4 Å². The molecule has 12 nitrogen and oxygen atoms in total. The zero-order chi connectivity index (χ0) is 28.6. The van der Waals surface area contributed by atoms with Gasteiger partial charge in [0.15, 0.2) is 0 Å². The molecule has 3 aliphatic rings. The number of likely N-dealkylation sites (N-methyl/N-ethyl adjacent to an activating group) is 1. The summed E-state index contributed by atoms with van der Waals surface area (Å²) in [5.41, 5.74) is 5.57. The molecule has 1 aromatic rings. The highest BCUT2D eigenvalue weighted by Crippen LogP contribution is 2.24. The van der Waals surface area contributed by atoms with Gasteiger partial charge < -0.3 is 31.3 Å². The fourth-order valence-electron chi connectivity index (χ4n) is 5.78. The molecule has 4 rings (SSSR count). The van der Waals surface area contributed by atoms with Crippen molar-refractivity contribution in [3.8, 4) is 5.75 Å². The number of benzene rings is 1. The second-order valence-electron chi connectivity index (χ2n) is 10.7. The third kappa shape index (κ3) is 7.29. The maximum atomic E-state index is 13.5. The number of ether oxygens (including phenoxy) is 1. The lowest BCUT2D eigenvalue weighted by Gasteiger charge is -2.30. The molecule has 5 N–H and O–H groups in total. The molecule has 0 unspecified atom stereocenters.